The van der Waals surface area contributed by atoms with E-state index < -0.39 is 9.84 Å². The molecule has 0 saturated heterocycles. The van der Waals surface area contributed by atoms with Gasteiger partial charge in [-0.2, -0.15) is 0 Å². The standard InChI is InChI=1S/C13H21NO2S/c1-9-5-10(2)13(11(3)6-9)8-17(15,16)7-12(4)14/h5-6,12H,7-8,14H2,1-4H3. The molecule has 0 saturated carbocycles. The molecule has 4 heteroatoms. The van der Waals surface area contributed by atoms with Crippen molar-refractivity contribution in [3.63, 3.8) is 0 Å². The van der Waals surface area contributed by atoms with Gasteiger partial charge >= 0.3 is 0 Å². The highest BCUT2D eigenvalue weighted by atomic mass is 32.2. The average Bonchev–Trinajstić information content (AvgIpc) is 2.09. The molecule has 0 fully saturated rings. The molecule has 1 rings (SSSR count). The summed E-state index contributed by atoms with van der Waals surface area (Å²) in [5, 5.41) is 0. The lowest BCUT2D eigenvalue weighted by molar-refractivity contribution is 0.589. The molecule has 0 bridgehead atoms. The summed E-state index contributed by atoms with van der Waals surface area (Å²) in [5.41, 5.74) is 9.70. The minimum atomic E-state index is -3.12. The Balaban J connectivity index is 3.04. The fourth-order valence-electron chi connectivity index (χ4n) is 2.12. The van der Waals surface area contributed by atoms with E-state index in [2.05, 4.69) is 0 Å². The predicted octanol–water partition coefficient (Wildman–Crippen LogP) is 1.87. The summed E-state index contributed by atoms with van der Waals surface area (Å²) in [6.07, 6.45) is 0. The topological polar surface area (TPSA) is 60.2 Å². The summed E-state index contributed by atoms with van der Waals surface area (Å²) in [6.45, 7) is 7.64. The molecule has 0 amide bonds. The van der Waals surface area contributed by atoms with Crippen molar-refractivity contribution in [3.05, 3.63) is 34.4 Å². The van der Waals surface area contributed by atoms with Crippen LogP contribution in [-0.4, -0.2) is 20.2 Å². The number of rotatable bonds is 4. The normalized spacial score (nSPS) is 13.7. The SMILES string of the molecule is Cc1cc(C)c(CS(=O)(=O)CC(C)N)c(C)c1. The molecule has 0 aliphatic rings. The third-order valence-electron chi connectivity index (χ3n) is 2.72. The van der Waals surface area contributed by atoms with E-state index in [1.54, 1.807) is 6.92 Å². The van der Waals surface area contributed by atoms with Gasteiger partial charge < -0.3 is 5.73 Å². The van der Waals surface area contributed by atoms with Crippen LogP contribution in [0, 0.1) is 20.8 Å². The van der Waals surface area contributed by atoms with Gasteiger partial charge in [0.2, 0.25) is 0 Å². The summed E-state index contributed by atoms with van der Waals surface area (Å²) in [4.78, 5) is 0. The van der Waals surface area contributed by atoms with E-state index in [-0.39, 0.29) is 17.5 Å². The Kier molecular flexibility index (Phi) is 4.33. The second-order valence-electron chi connectivity index (χ2n) is 4.91. The minimum Gasteiger partial charge on any atom is -0.327 e. The van der Waals surface area contributed by atoms with Crippen LogP contribution < -0.4 is 5.73 Å². The highest BCUT2D eigenvalue weighted by Crippen LogP contribution is 2.19. The van der Waals surface area contributed by atoms with Crippen LogP contribution in [0.4, 0.5) is 0 Å². The van der Waals surface area contributed by atoms with Crippen LogP contribution in [0.3, 0.4) is 0 Å². The Morgan fingerprint density at radius 2 is 1.65 bits per heavy atom. The van der Waals surface area contributed by atoms with Crippen molar-refractivity contribution in [3.8, 4) is 0 Å². The van der Waals surface area contributed by atoms with Gasteiger partial charge in [0.05, 0.1) is 11.5 Å². The summed E-state index contributed by atoms with van der Waals surface area (Å²) >= 11 is 0. The Hall–Kier alpha value is -0.870. The monoisotopic (exact) mass is 255 g/mol. The highest BCUT2D eigenvalue weighted by Gasteiger charge is 2.17. The van der Waals surface area contributed by atoms with Crippen molar-refractivity contribution in [1.82, 2.24) is 0 Å². The molecule has 1 atom stereocenters. The van der Waals surface area contributed by atoms with Crippen LogP contribution in [0.15, 0.2) is 12.1 Å². The summed E-state index contributed by atoms with van der Waals surface area (Å²) in [5.74, 6) is 0.131. The van der Waals surface area contributed by atoms with E-state index in [4.69, 9.17) is 5.73 Å². The third kappa shape index (κ3) is 4.13. The molecule has 0 spiro atoms. The molecular formula is C13H21NO2S. The van der Waals surface area contributed by atoms with Gasteiger partial charge in [0.15, 0.2) is 9.84 Å². The van der Waals surface area contributed by atoms with Gasteiger partial charge in [-0.05, 0) is 44.4 Å². The number of aryl methyl sites for hydroxylation is 3. The molecule has 0 aliphatic carbocycles. The van der Waals surface area contributed by atoms with E-state index in [0.29, 0.717) is 0 Å². The Morgan fingerprint density at radius 3 is 2.06 bits per heavy atom. The second-order valence-corrected chi connectivity index (χ2v) is 7.02. The lowest BCUT2D eigenvalue weighted by Crippen LogP contribution is -2.27. The lowest BCUT2D eigenvalue weighted by Gasteiger charge is -2.13. The summed E-state index contributed by atoms with van der Waals surface area (Å²) < 4.78 is 23.8. The van der Waals surface area contributed by atoms with Gasteiger partial charge in [-0.15, -0.1) is 0 Å². The molecule has 0 aromatic heterocycles. The number of nitrogens with two attached hydrogens (primary N) is 1. The average molecular weight is 255 g/mol. The van der Waals surface area contributed by atoms with Crippen molar-refractivity contribution >= 4 is 9.84 Å². The number of sulfone groups is 1. The lowest BCUT2D eigenvalue weighted by atomic mass is 10.0. The smallest absolute Gasteiger partial charge is 0.155 e. The van der Waals surface area contributed by atoms with Gasteiger partial charge in [0, 0.05) is 6.04 Å². The quantitative estimate of drug-likeness (QED) is 0.893. The molecule has 0 aliphatic heterocycles. The zero-order valence-corrected chi connectivity index (χ0v) is 11.8. The maximum absolute atomic E-state index is 11.9. The molecule has 17 heavy (non-hydrogen) atoms. The van der Waals surface area contributed by atoms with E-state index in [0.717, 1.165) is 22.3 Å². The fourth-order valence-corrected chi connectivity index (χ4v) is 3.93. The summed E-state index contributed by atoms with van der Waals surface area (Å²) in [6, 6.07) is 3.72. The maximum Gasteiger partial charge on any atom is 0.155 e. The largest absolute Gasteiger partial charge is 0.327 e. The first-order chi connectivity index (χ1) is 7.71. The van der Waals surface area contributed by atoms with Crippen molar-refractivity contribution in [1.29, 1.82) is 0 Å². The number of benzene rings is 1. The highest BCUT2D eigenvalue weighted by molar-refractivity contribution is 7.90. The van der Waals surface area contributed by atoms with Crippen molar-refractivity contribution in [2.24, 2.45) is 5.73 Å². The molecule has 1 aromatic carbocycles. The van der Waals surface area contributed by atoms with E-state index in [1.807, 2.05) is 32.9 Å². The Labute approximate surface area is 104 Å². The van der Waals surface area contributed by atoms with Crippen molar-refractivity contribution in [2.75, 3.05) is 5.75 Å². The van der Waals surface area contributed by atoms with Crippen LogP contribution in [-0.2, 0) is 15.6 Å². The van der Waals surface area contributed by atoms with E-state index in [9.17, 15) is 8.42 Å². The van der Waals surface area contributed by atoms with E-state index >= 15 is 0 Å². The molecule has 1 aromatic rings. The maximum atomic E-state index is 11.9. The number of hydrogen-bond acceptors (Lipinski definition) is 3. The van der Waals surface area contributed by atoms with Gasteiger partial charge in [-0.25, -0.2) is 8.42 Å². The zero-order chi connectivity index (χ0) is 13.2. The van der Waals surface area contributed by atoms with Crippen LogP contribution in [0.1, 0.15) is 29.2 Å². The van der Waals surface area contributed by atoms with Gasteiger partial charge in [-0.3, -0.25) is 0 Å². The first-order valence-corrected chi connectivity index (χ1v) is 7.56. The van der Waals surface area contributed by atoms with Crippen molar-refractivity contribution in [2.45, 2.75) is 39.5 Å². The molecule has 0 heterocycles. The third-order valence-corrected chi connectivity index (χ3v) is 4.48. The van der Waals surface area contributed by atoms with Gasteiger partial charge in [0.25, 0.3) is 0 Å². The van der Waals surface area contributed by atoms with Crippen molar-refractivity contribution < 1.29 is 8.42 Å². The van der Waals surface area contributed by atoms with Crippen LogP contribution in [0.5, 0.6) is 0 Å². The molecular weight excluding hydrogens is 234 g/mol. The Bertz CT molecular complexity index is 481. The predicted molar refractivity (Wildman–Crippen MR) is 71.8 cm³/mol. The molecule has 96 valence electrons. The number of hydrogen-bond donors (Lipinski definition) is 1. The van der Waals surface area contributed by atoms with E-state index in [1.165, 1.54) is 0 Å². The van der Waals surface area contributed by atoms with Crippen LogP contribution in [0.25, 0.3) is 0 Å². The molecule has 0 radical (unpaired) electrons. The summed E-state index contributed by atoms with van der Waals surface area (Å²) in [7, 11) is -3.12. The molecule has 2 N–H and O–H groups in total. The molecule has 1 unspecified atom stereocenters. The Morgan fingerprint density at radius 1 is 1.18 bits per heavy atom. The fraction of sp³-hybridized carbons (Fsp3) is 0.538. The first kappa shape index (κ1) is 14.2. The van der Waals surface area contributed by atoms with Crippen LogP contribution >= 0.6 is 0 Å². The minimum absolute atomic E-state index is 0.0414. The first-order valence-electron chi connectivity index (χ1n) is 5.74. The van der Waals surface area contributed by atoms with Gasteiger partial charge in [-0.1, -0.05) is 17.7 Å². The van der Waals surface area contributed by atoms with Gasteiger partial charge in [0.1, 0.15) is 0 Å². The zero-order valence-electron chi connectivity index (χ0n) is 10.9. The molecule has 3 nitrogen and oxygen atoms in total. The second kappa shape index (κ2) is 5.19. The van der Waals surface area contributed by atoms with Crippen LogP contribution in [0.2, 0.25) is 0 Å².